The van der Waals surface area contributed by atoms with Gasteiger partial charge in [0.2, 0.25) is 17.5 Å². The minimum Gasteiger partial charge on any atom is -0.396 e. The van der Waals surface area contributed by atoms with Crippen molar-refractivity contribution in [3.05, 3.63) is 182 Å². The van der Waals surface area contributed by atoms with Gasteiger partial charge in [0.05, 0.1) is 20.5 Å². The molecule has 2 amide bonds. The van der Waals surface area contributed by atoms with Gasteiger partial charge in [0.25, 0.3) is 11.8 Å². The van der Waals surface area contributed by atoms with E-state index in [0.717, 1.165) is 103 Å². The first-order chi connectivity index (χ1) is 32.8. The largest absolute Gasteiger partial charge is 0.396 e. The first-order valence-corrected chi connectivity index (χ1v) is 21.7. The number of likely N-dealkylation sites (N-methyl/N-ethyl adjacent to an activating group) is 2. The molecule has 0 atom stereocenters. The lowest BCUT2D eigenvalue weighted by molar-refractivity contribution is -0.387. The number of benzene rings is 5. The van der Waals surface area contributed by atoms with E-state index < -0.39 is 49.3 Å². The minimum absolute atomic E-state index is 0.101. The van der Waals surface area contributed by atoms with E-state index in [1.807, 2.05) is 7.05 Å². The summed E-state index contributed by atoms with van der Waals surface area (Å²) in [6, 6.07) is 14.9. The number of nitrogens with two attached hydrogens (primary N) is 1. The highest BCUT2D eigenvalue weighted by Gasteiger charge is 2.25. The first-order valence-electron chi connectivity index (χ1n) is 21.7. The Balaban J connectivity index is 0.000000142. The molecule has 0 aliphatic carbocycles. The highest BCUT2D eigenvalue weighted by atomic mass is 19.1. The predicted molar refractivity (Wildman–Crippen MR) is 244 cm³/mol. The zero-order valence-electron chi connectivity index (χ0n) is 37.5. The van der Waals surface area contributed by atoms with Gasteiger partial charge in [-0.05, 0) is 146 Å². The van der Waals surface area contributed by atoms with E-state index in [1.165, 1.54) is 42.5 Å². The van der Waals surface area contributed by atoms with Crippen LogP contribution in [0.2, 0.25) is 0 Å². The number of amides is 2. The SMILES string of the molecule is CN1CCc2cc(F)c(N)cc2C1.CN1CCc2cc(F)c([N+](=O)[O-])cc2C1.O=C1NCCc2cc(F)c([N+](=O)[O-])cc21.O=C1NCCc2cc(F)ccc21.O=[N+]([O-])c1cc2c(cc1F)CCNC2. The number of halogens is 5. The van der Waals surface area contributed by atoms with Gasteiger partial charge in [-0.2, -0.15) is 13.2 Å². The second-order valence-electron chi connectivity index (χ2n) is 16.7. The summed E-state index contributed by atoms with van der Waals surface area (Å²) < 4.78 is 65.4. The molecule has 0 saturated carbocycles. The van der Waals surface area contributed by atoms with Crippen LogP contribution in [0.25, 0.3) is 0 Å². The Morgan fingerprint density at radius 1 is 0.507 bits per heavy atom. The molecule has 0 saturated heterocycles. The molecule has 0 spiro atoms. The third kappa shape index (κ3) is 13.0. The number of carbonyl (C=O) groups is 2. The van der Waals surface area contributed by atoms with Crippen molar-refractivity contribution < 1.29 is 46.3 Å². The van der Waals surface area contributed by atoms with Gasteiger partial charge in [-0.15, -0.1) is 0 Å². The first kappa shape index (κ1) is 51.0. The number of nitrogens with one attached hydrogen (secondary N) is 3. The van der Waals surface area contributed by atoms with E-state index >= 15 is 0 Å². The van der Waals surface area contributed by atoms with Crippen molar-refractivity contribution in [2.24, 2.45) is 0 Å². The van der Waals surface area contributed by atoms with Gasteiger partial charge in [0.1, 0.15) is 11.6 Å². The second kappa shape index (κ2) is 22.6. The third-order valence-electron chi connectivity index (χ3n) is 11.8. The van der Waals surface area contributed by atoms with Crippen LogP contribution in [-0.4, -0.2) is 83.2 Å². The molecule has 0 bridgehead atoms. The minimum atomic E-state index is -0.895. The Labute approximate surface area is 391 Å². The Morgan fingerprint density at radius 2 is 0.942 bits per heavy atom. The Morgan fingerprint density at radius 3 is 1.49 bits per heavy atom. The number of fused-ring (bicyclic) bond motifs is 5. The lowest BCUT2D eigenvalue weighted by Crippen LogP contribution is -2.32. The van der Waals surface area contributed by atoms with Crippen LogP contribution < -0.4 is 21.7 Å². The smallest absolute Gasteiger partial charge is 0.305 e. The lowest BCUT2D eigenvalue weighted by Gasteiger charge is -2.25. The average Bonchev–Trinajstić information content (AvgIpc) is 3.30. The topological polar surface area (TPSA) is 232 Å². The van der Waals surface area contributed by atoms with Crippen LogP contribution in [0.4, 0.5) is 44.7 Å². The molecule has 0 fully saturated rings. The number of hydrogen-bond donors (Lipinski definition) is 4. The molecule has 10 rings (SSSR count). The molecule has 0 radical (unpaired) electrons. The van der Waals surface area contributed by atoms with E-state index in [0.29, 0.717) is 43.7 Å². The van der Waals surface area contributed by atoms with Crippen molar-refractivity contribution in [2.45, 2.75) is 51.7 Å². The van der Waals surface area contributed by atoms with Gasteiger partial charge >= 0.3 is 17.1 Å². The number of nitro groups is 3. The molecule has 5 N–H and O–H groups in total. The van der Waals surface area contributed by atoms with E-state index in [-0.39, 0.29) is 34.7 Å². The number of nitro benzene ring substituents is 3. The van der Waals surface area contributed by atoms with Crippen LogP contribution in [0, 0.1) is 59.4 Å². The van der Waals surface area contributed by atoms with Gasteiger partial charge in [-0.3, -0.25) is 39.9 Å². The maximum atomic E-state index is 13.3. The van der Waals surface area contributed by atoms with Gasteiger partial charge in [0.15, 0.2) is 0 Å². The molecular weight excluding hydrogens is 914 g/mol. The molecule has 69 heavy (non-hydrogen) atoms. The van der Waals surface area contributed by atoms with Crippen molar-refractivity contribution in [1.82, 2.24) is 25.8 Å². The molecule has 5 aliphatic rings. The van der Waals surface area contributed by atoms with E-state index in [4.69, 9.17) is 5.73 Å². The number of rotatable bonds is 3. The van der Waals surface area contributed by atoms with E-state index in [1.54, 1.807) is 12.1 Å². The molecule has 5 heterocycles. The van der Waals surface area contributed by atoms with Gasteiger partial charge in [-0.25, -0.2) is 8.78 Å². The van der Waals surface area contributed by atoms with Crippen LogP contribution in [0.15, 0.2) is 66.7 Å². The summed E-state index contributed by atoms with van der Waals surface area (Å²) in [5.41, 5.74) is 12.0. The number of nitrogen functional groups attached to an aromatic ring is 1. The number of anilines is 1. The lowest BCUT2D eigenvalue weighted by atomic mass is 9.99. The summed E-state index contributed by atoms with van der Waals surface area (Å²) in [4.78, 5) is 56.0. The average molecular weight is 962 g/mol. The molecular formula is C47H48F5N9O8. The molecule has 5 aliphatic heterocycles. The molecule has 17 nitrogen and oxygen atoms in total. The van der Waals surface area contributed by atoms with Crippen LogP contribution >= 0.6 is 0 Å². The van der Waals surface area contributed by atoms with Crippen LogP contribution in [0.5, 0.6) is 0 Å². The van der Waals surface area contributed by atoms with Gasteiger partial charge in [0, 0.05) is 75.1 Å². The van der Waals surface area contributed by atoms with Gasteiger partial charge < -0.3 is 31.5 Å². The summed E-state index contributed by atoms with van der Waals surface area (Å²) in [7, 11) is 4.00. The Hall–Kier alpha value is -7.43. The van der Waals surface area contributed by atoms with Crippen molar-refractivity contribution in [3.63, 3.8) is 0 Å². The zero-order valence-corrected chi connectivity index (χ0v) is 37.5. The molecule has 5 aromatic carbocycles. The van der Waals surface area contributed by atoms with Crippen LogP contribution in [0.1, 0.15) is 65.2 Å². The highest BCUT2D eigenvalue weighted by Crippen LogP contribution is 2.28. The Bertz CT molecular complexity index is 2820. The van der Waals surface area contributed by atoms with E-state index in [2.05, 4.69) is 32.8 Å². The van der Waals surface area contributed by atoms with Crippen molar-refractivity contribution in [3.8, 4) is 0 Å². The third-order valence-corrected chi connectivity index (χ3v) is 11.8. The quantitative estimate of drug-likeness (QED) is 0.0646. The monoisotopic (exact) mass is 961 g/mol. The summed E-state index contributed by atoms with van der Waals surface area (Å²) in [5, 5.41) is 39.8. The van der Waals surface area contributed by atoms with Crippen molar-refractivity contribution in [2.75, 3.05) is 52.6 Å². The predicted octanol–water partition coefficient (Wildman–Crippen LogP) is 6.63. The fourth-order valence-electron chi connectivity index (χ4n) is 8.18. The summed E-state index contributed by atoms with van der Waals surface area (Å²) in [6.45, 7) is 5.80. The zero-order chi connectivity index (χ0) is 50.1. The molecule has 0 aromatic heterocycles. The van der Waals surface area contributed by atoms with Crippen molar-refractivity contribution in [1.29, 1.82) is 0 Å². The highest BCUT2D eigenvalue weighted by molar-refractivity contribution is 5.97. The second-order valence-corrected chi connectivity index (χ2v) is 16.7. The van der Waals surface area contributed by atoms with Crippen LogP contribution in [0.3, 0.4) is 0 Å². The maximum absolute atomic E-state index is 13.3. The van der Waals surface area contributed by atoms with Crippen LogP contribution in [-0.2, 0) is 51.7 Å². The summed E-state index contributed by atoms with van der Waals surface area (Å²) >= 11 is 0. The molecule has 364 valence electrons. The summed E-state index contributed by atoms with van der Waals surface area (Å²) in [6.07, 6.45) is 3.61. The van der Waals surface area contributed by atoms with Gasteiger partial charge in [-0.1, -0.05) is 0 Å². The standard InChI is InChI=1S/C10H11FN2O2.C10H13FN2.C9H7FN2O3.C9H9FN2O2.C9H8FNO/c1-12-3-2-7-4-9(11)10(13(14)15)5-8(7)6-12;1-13-3-2-7-4-9(11)10(12)5-8(7)6-13;10-7-3-5-1-2-11-9(13)6(5)4-8(7)12(14)15;10-8-3-6-1-2-11-5-7(6)4-9(8)12(13)14;10-7-1-2-8-6(5-7)3-4-11-9(8)12/h4-5H,2-3,6H2,1H3;4-5H,2-3,6,12H2,1H3;3-4H,1-2H2,(H,11,13);3-4,11H,1-2,5H2;1-2,5H,3-4H2,(H,11,12). The fraction of sp³-hybridized carbons (Fsp3) is 0.319. The summed E-state index contributed by atoms with van der Waals surface area (Å²) in [5.74, 6) is -3.42. The number of nitrogens with zero attached hydrogens (tertiary/aromatic N) is 5. The molecule has 5 aromatic rings. The fourth-order valence-corrected chi connectivity index (χ4v) is 8.18. The molecule has 22 heteroatoms. The normalized spacial score (nSPS) is 15.5. The molecule has 0 unspecified atom stereocenters. The maximum Gasteiger partial charge on any atom is 0.305 e. The number of carbonyl (C=O) groups excluding carboxylic acids is 2. The van der Waals surface area contributed by atoms with Crippen molar-refractivity contribution >= 4 is 34.6 Å². The van der Waals surface area contributed by atoms with E-state index in [9.17, 15) is 61.9 Å². The Kier molecular flexibility index (Phi) is 16.7. The number of hydrogen-bond acceptors (Lipinski definition) is 12.